The van der Waals surface area contributed by atoms with E-state index in [2.05, 4.69) is 59.6 Å². The zero-order valence-corrected chi connectivity index (χ0v) is 41.1. The second-order valence-corrected chi connectivity index (χ2v) is 19.6. The second-order valence-electron chi connectivity index (χ2n) is 19.6. The molecular formula is C51H68N8O9. The Hall–Kier alpha value is -5.88. The number of benzene rings is 2. The van der Waals surface area contributed by atoms with Crippen molar-refractivity contribution in [1.82, 2.24) is 40.4 Å². The normalized spacial score (nSPS) is 21.4. The number of carbonyl (C=O) groups excluding carboxylic acids is 5. The number of methoxy groups -OCH3 is 2. The Balaban J connectivity index is 1.27. The fourth-order valence-electron chi connectivity index (χ4n) is 9.78. The van der Waals surface area contributed by atoms with Gasteiger partial charge in [-0.15, -0.1) is 0 Å². The van der Waals surface area contributed by atoms with Gasteiger partial charge in [0, 0.05) is 75.9 Å². The lowest BCUT2D eigenvalue weighted by Gasteiger charge is -2.37. The maximum Gasteiger partial charge on any atom is 0.324 e. The van der Waals surface area contributed by atoms with E-state index in [0.29, 0.717) is 43.5 Å². The number of rotatable bonds is 13. The zero-order chi connectivity index (χ0) is 49.2. The average Bonchev–Trinajstić information content (AvgIpc) is 4.02. The van der Waals surface area contributed by atoms with E-state index < -0.39 is 59.2 Å². The molecule has 5 heterocycles. The third-order valence-electron chi connectivity index (χ3n) is 13.4. The van der Waals surface area contributed by atoms with Gasteiger partial charge in [-0.1, -0.05) is 39.8 Å². The van der Waals surface area contributed by atoms with Crippen molar-refractivity contribution in [2.45, 2.75) is 110 Å². The van der Waals surface area contributed by atoms with E-state index in [1.807, 2.05) is 25.1 Å². The molecule has 4 N–H and O–H groups in total. The highest BCUT2D eigenvalue weighted by Crippen LogP contribution is 2.42. The maximum absolute atomic E-state index is 14.7. The number of hydrogen-bond donors (Lipinski definition) is 4. The molecule has 3 aliphatic heterocycles. The van der Waals surface area contributed by atoms with Gasteiger partial charge in [-0.3, -0.25) is 39.3 Å². The van der Waals surface area contributed by atoms with Crippen molar-refractivity contribution in [3.63, 3.8) is 0 Å². The lowest BCUT2D eigenvalue weighted by atomic mass is 9.84. The largest absolute Gasteiger partial charge is 0.508 e. The summed E-state index contributed by atoms with van der Waals surface area (Å²) in [6, 6.07) is 11.8. The summed E-state index contributed by atoms with van der Waals surface area (Å²) in [5, 5.41) is 19.7. The summed E-state index contributed by atoms with van der Waals surface area (Å²) in [6.07, 6.45) is 2.91. The number of cyclic esters (lactones) is 1. The molecule has 0 unspecified atom stereocenters. The second kappa shape index (κ2) is 20.8. The smallest absolute Gasteiger partial charge is 0.324 e. The van der Waals surface area contributed by atoms with Gasteiger partial charge in [0.1, 0.15) is 29.9 Å². The first-order valence-corrected chi connectivity index (χ1v) is 23.6. The van der Waals surface area contributed by atoms with Crippen molar-refractivity contribution >= 4 is 40.5 Å². The predicted octanol–water partition coefficient (Wildman–Crippen LogP) is 4.38. The molecule has 6 bridgehead atoms. The van der Waals surface area contributed by atoms with Gasteiger partial charge in [0.2, 0.25) is 17.7 Å². The van der Waals surface area contributed by atoms with E-state index in [1.165, 1.54) is 21.9 Å². The Morgan fingerprint density at radius 3 is 2.53 bits per heavy atom. The van der Waals surface area contributed by atoms with Crippen LogP contribution in [0.25, 0.3) is 33.3 Å². The number of aromatic nitrogens is 2. The first-order chi connectivity index (χ1) is 32.4. The van der Waals surface area contributed by atoms with Crippen LogP contribution >= 0.6 is 0 Å². The van der Waals surface area contributed by atoms with E-state index in [9.17, 15) is 29.1 Å². The van der Waals surface area contributed by atoms with E-state index in [-0.39, 0.29) is 49.9 Å². The summed E-state index contributed by atoms with van der Waals surface area (Å²) < 4.78 is 19.3. The summed E-state index contributed by atoms with van der Waals surface area (Å²) in [7, 11) is 6.28. The molecule has 17 heteroatoms. The highest BCUT2D eigenvalue weighted by Gasteiger charge is 2.44. The molecule has 6 atom stereocenters. The van der Waals surface area contributed by atoms with Crippen LogP contribution in [0.3, 0.4) is 0 Å². The van der Waals surface area contributed by atoms with E-state index in [4.69, 9.17) is 19.2 Å². The number of hydrazine groups is 1. The molecule has 2 aromatic heterocycles. The van der Waals surface area contributed by atoms with Crippen LogP contribution in [0.2, 0.25) is 0 Å². The van der Waals surface area contributed by atoms with Gasteiger partial charge in [0.15, 0.2) is 0 Å². The van der Waals surface area contributed by atoms with Crippen LogP contribution in [0.4, 0.5) is 0 Å². The Kier molecular flexibility index (Phi) is 15.3. The van der Waals surface area contributed by atoms with Crippen LogP contribution in [0.5, 0.6) is 5.75 Å². The van der Waals surface area contributed by atoms with Crippen LogP contribution < -0.4 is 16.1 Å². The van der Waals surface area contributed by atoms with Gasteiger partial charge in [0.25, 0.3) is 5.91 Å². The average molecular weight is 937 g/mol. The molecule has 0 aliphatic carbocycles. The number of ether oxygens (including phenoxy) is 3. The van der Waals surface area contributed by atoms with Gasteiger partial charge in [-0.2, -0.15) is 0 Å². The van der Waals surface area contributed by atoms with Crippen LogP contribution in [0, 0.1) is 11.3 Å². The van der Waals surface area contributed by atoms with Gasteiger partial charge < -0.3 is 39.0 Å². The van der Waals surface area contributed by atoms with Crippen LogP contribution in [0.1, 0.15) is 77.3 Å². The summed E-state index contributed by atoms with van der Waals surface area (Å²) >= 11 is 0. The third-order valence-corrected chi connectivity index (χ3v) is 13.4. The third kappa shape index (κ3) is 10.7. The number of carbonyl (C=O) groups is 5. The monoisotopic (exact) mass is 937 g/mol. The predicted molar refractivity (Wildman–Crippen MR) is 257 cm³/mol. The minimum absolute atomic E-state index is 0.0239. The van der Waals surface area contributed by atoms with Gasteiger partial charge in [-0.05, 0) is 97.7 Å². The fraction of sp³-hybridized carbons (Fsp3) is 0.529. The van der Waals surface area contributed by atoms with E-state index in [0.717, 1.165) is 39.0 Å². The molecule has 17 nitrogen and oxygen atoms in total. The highest BCUT2D eigenvalue weighted by molar-refractivity contribution is 5.96. The Morgan fingerprint density at radius 2 is 1.82 bits per heavy atom. The molecule has 2 saturated heterocycles. The zero-order valence-electron chi connectivity index (χ0n) is 41.1. The number of esters is 1. The molecule has 68 heavy (non-hydrogen) atoms. The maximum atomic E-state index is 14.7. The summed E-state index contributed by atoms with van der Waals surface area (Å²) in [5.41, 5.74) is 9.44. The minimum Gasteiger partial charge on any atom is -0.508 e. The number of aryl methyl sites for hydroxylation is 1. The number of aromatic hydroxyl groups is 1. The molecule has 0 spiro atoms. The quantitative estimate of drug-likeness (QED) is 0.109. The molecule has 2 fully saturated rings. The SMILES string of the molecule is CCn1c(-c2cccnc2[C@H](C)OC)c2c3cc(ccc31)-c1cc(O)cc(c1)C[C@H](NC(=O)[C@H](C(C)C)N(C)C(=O)CN(C)C(=O)[C@@H]1N[C@H]1COC)C(=O)N1CCC[C@H](N1)C(=O)OCC(C)(C)C2. The van der Waals surface area contributed by atoms with E-state index >= 15 is 0 Å². The number of likely N-dealkylation sites (N-methyl/N-ethyl adjacent to an activating group) is 2. The topological polar surface area (TPSA) is 207 Å². The standard InChI is InChI=1S/C51H68N8O9/c1-11-58-41-17-16-32-24-36(41)37(46(58)35-14-12-18-52-43(35)30(4)67-10)25-51(5,6)28-68-50(65)38-15-13-19-59(55-38)48(63)39(22-31-20-33(32)23-34(60)21-31)54-47(62)45(29(2)3)57(8)42(61)26-56(7)49(64)44-40(53-44)27-66-9/h12,14,16-18,20-21,23-24,29-30,38-40,44-45,53,55,60H,11,13,15,19,22,25-28H2,1-10H3,(H,54,62)/t30-,38-,39-,40-,44+,45-/m0/s1. The van der Waals surface area contributed by atoms with Crippen molar-refractivity contribution in [3.8, 4) is 28.1 Å². The van der Waals surface area contributed by atoms with Gasteiger partial charge in [0.05, 0.1) is 43.3 Å². The minimum atomic E-state index is -1.19. The first-order valence-electron chi connectivity index (χ1n) is 23.6. The summed E-state index contributed by atoms with van der Waals surface area (Å²) in [4.78, 5) is 77.4. The number of phenols is 1. The number of nitrogens with one attached hydrogen (secondary N) is 3. The number of amides is 4. The Labute approximate surface area is 398 Å². The number of phenolic OH excluding ortho intramolecular Hbond substituents is 1. The van der Waals surface area contributed by atoms with Crippen molar-refractivity contribution in [2.24, 2.45) is 11.3 Å². The van der Waals surface area contributed by atoms with Crippen molar-refractivity contribution in [3.05, 3.63) is 71.5 Å². The molecule has 2 aromatic carbocycles. The number of pyridine rings is 1. The van der Waals surface area contributed by atoms with Crippen molar-refractivity contribution < 1.29 is 43.3 Å². The molecule has 0 radical (unpaired) electrons. The lowest BCUT2D eigenvalue weighted by Crippen LogP contribution is -2.62. The van der Waals surface area contributed by atoms with Crippen LogP contribution in [0.15, 0.2) is 54.7 Å². The first kappa shape index (κ1) is 50.0. The van der Waals surface area contributed by atoms with Crippen LogP contribution in [-0.4, -0.2) is 144 Å². The number of nitrogens with zero attached hydrogens (tertiary/aromatic N) is 5. The molecule has 3 aliphatic rings. The highest BCUT2D eigenvalue weighted by atomic mass is 16.5. The number of fused-ring (bicyclic) bond motifs is 6. The van der Waals surface area contributed by atoms with Gasteiger partial charge in [-0.25, -0.2) is 5.43 Å². The lowest BCUT2D eigenvalue weighted by molar-refractivity contribution is -0.155. The fourth-order valence-corrected chi connectivity index (χ4v) is 9.78. The van der Waals surface area contributed by atoms with Crippen molar-refractivity contribution in [2.75, 3.05) is 54.6 Å². The Bertz CT molecular complexity index is 2540. The molecule has 366 valence electrons. The molecular weight excluding hydrogens is 869 g/mol. The van der Waals surface area contributed by atoms with Crippen LogP contribution in [-0.2, 0) is 57.6 Å². The van der Waals surface area contributed by atoms with E-state index in [1.54, 1.807) is 53.4 Å². The van der Waals surface area contributed by atoms with Crippen molar-refractivity contribution in [1.29, 1.82) is 0 Å². The molecule has 4 aromatic rings. The summed E-state index contributed by atoms with van der Waals surface area (Å²) in [6.45, 7) is 12.9. The number of hydrogen-bond acceptors (Lipinski definition) is 12. The van der Waals surface area contributed by atoms with Gasteiger partial charge >= 0.3 is 5.97 Å². The molecule has 4 amide bonds. The molecule has 7 rings (SSSR count). The molecule has 0 saturated carbocycles. The Morgan fingerprint density at radius 1 is 1.06 bits per heavy atom. The summed E-state index contributed by atoms with van der Waals surface area (Å²) in [5.74, 6) is -2.69.